The number of benzene rings is 2. The molecule has 2 amide bonds. The zero-order valence-electron chi connectivity index (χ0n) is 11.3. The Labute approximate surface area is 137 Å². The van der Waals surface area contributed by atoms with Gasteiger partial charge in [0.25, 0.3) is 0 Å². The number of nitrogens with one attached hydrogen (secondary N) is 2. The number of rotatable bonds is 2. The van der Waals surface area contributed by atoms with E-state index < -0.39 is 12.1 Å². The van der Waals surface area contributed by atoms with E-state index in [4.69, 9.17) is 23.2 Å². The predicted molar refractivity (Wildman–Crippen MR) is 85.1 cm³/mol. The van der Waals surface area contributed by atoms with Gasteiger partial charge in [-0.15, -0.1) is 0 Å². The Kier molecular flexibility index (Phi) is 4.05. The van der Waals surface area contributed by atoms with Crippen LogP contribution in [0, 0.1) is 0 Å². The van der Waals surface area contributed by atoms with Crippen LogP contribution in [0.3, 0.4) is 0 Å². The van der Waals surface area contributed by atoms with Gasteiger partial charge in [-0.3, -0.25) is 4.79 Å². The van der Waals surface area contributed by atoms with E-state index in [2.05, 4.69) is 10.6 Å². The number of hydrogen-bond donors (Lipinski definition) is 2. The Morgan fingerprint density at radius 1 is 0.682 bits per heavy atom. The Bertz CT molecular complexity index is 654. The van der Waals surface area contributed by atoms with E-state index in [9.17, 15) is 9.59 Å². The van der Waals surface area contributed by atoms with Crippen LogP contribution in [-0.4, -0.2) is 11.8 Å². The zero-order chi connectivity index (χ0) is 15.7. The molecule has 2 N–H and O–H groups in total. The van der Waals surface area contributed by atoms with Crippen LogP contribution in [-0.2, 0) is 4.79 Å². The molecular weight excluding hydrogens is 323 g/mol. The van der Waals surface area contributed by atoms with Crippen LogP contribution >= 0.6 is 23.2 Å². The number of urea groups is 1. The van der Waals surface area contributed by atoms with Gasteiger partial charge in [0.15, 0.2) is 5.78 Å². The molecule has 2 aromatic carbocycles. The van der Waals surface area contributed by atoms with E-state index in [0.29, 0.717) is 21.2 Å². The average Bonchev–Trinajstić information content (AvgIpc) is 2.51. The predicted octanol–water partition coefficient (Wildman–Crippen LogP) is 3.66. The van der Waals surface area contributed by atoms with Crippen LogP contribution in [0.25, 0.3) is 0 Å². The third-order valence-electron chi connectivity index (χ3n) is 3.53. The molecule has 0 radical (unpaired) electrons. The molecule has 0 aliphatic carbocycles. The van der Waals surface area contributed by atoms with E-state index in [1.807, 2.05) is 0 Å². The van der Waals surface area contributed by atoms with E-state index in [1.165, 1.54) is 0 Å². The first-order valence-electron chi connectivity index (χ1n) is 6.66. The minimum Gasteiger partial charge on any atom is -0.324 e. The van der Waals surface area contributed by atoms with Crippen molar-refractivity contribution < 1.29 is 9.59 Å². The van der Waals surface area contributed by atoms with Crippen LogP contribution in [0.2, 0.25) is 10.0 Å². The van der Waals surface area contributed by atoms with Crippen molar-refractivity contribution in [1.29, 1.82) is 0 Å². The number of Topliss-reactive ketones (excluding diaryl/α,β-unsaturated/α-hetero) is 1. The fourth-order valence-corrected chi connectivity index (χ4v) is 2.67. The summed E-state index contributed by atoms with van der Waals surface area (Å²) < 4.78 is 0. The molecule has 1 fully saturated rings. The van der Waals surface area contributed by atoms with Gasteiger partial charge in [0.05, 0.1) is 0 Å². The minimum absolute atomic E-state index is 0.135. The van der Waals surface area contributed by atoms with Crippen LogP contribution in [0.1, 0.15) is 23.2 Å². The maximum atomic E-state index is 12.7. The summed E-state index contributed by atoms with van der Waals surface area (Å²) >= 11 is 11.7. The molecule has 1 saturated heterocycles. The van der Waals surface area contributed by atoms with Crippen LogP contribution < -0.4 is 10.6 Å². The number of amides is 2. The van der Waals surface area contributed by atoms with Crippen LogP contribution in [0.4, 0.5) is 4.79 Å². The molecule has 1 aliphatic heterocycles. The normalized spacial score (nSPS) is 21.2. The zero-order valence-corrected chi connectivity index (χ0v) is 12.9. The van der Waals surface area contributed by atoms with Crippen molar-refractivity contribution in [2.75, 3.05) is 0 Å². The molecule has 0 spiro atoms. The van der Waals surface area contributed by atoms with Crippen molar-refractivity contribution in [2.45, 2.75) is 12.1 Å². The molecule has 2 aromatic rings. The second-order valence-corrected chi connectivity index (χ2v) is 5.86. The number of hydrogen-bond acceptors (Lipinski definition) is 2. The van der Waals surface area contributed by atoms with Crippen molar-refractivity contribution >= 4 is 35.0 Å². The summed E-state index contributed by atoms with van der Waals surface area (Å²) in [5.74, 6) is -0.135. The fraction of sp³-hybridized carbons (Fsp3) is 0.125. The van der Waals surface area contributed by atoms with Crippen molar-refractivity contribution in [3.8, 4) is 0 Å². The third-order valence-corrected chi connectivity index (χ3v) is 4.03. The van der Waals surface area contributed by atoms with E-state index in [0.717, 1.165) is 0 Å². The smallest absolute Gasteiger partial charge is 0.316 e. The van der Waals surface area contributed by atoms with Gasteiger partial charge in [0.1, 0.15) is 12.1 Å². The molecule has 6 heteroatoms. The average molecular weight is 335 g/mol. The van der Waals surface area contributed by atoms with E-state index in [1.54, 1.807) is 48.5 Å². The monoisotopic (exact) mass is 334 g/mol. The topological polar surface area (TPSA) is 58.2 Å². The lowest BCUT2D eigenvalue weighted by molar-refractivity contribution is -0.123. The Morgan fingerprint density at radius 3 is 1.41 bits per heavy atom. The van der Waals surface area contributed by atoms with Crippen molar-refractivity contribution in [1.82, 2.24) is 10.6 Å². The molecule has 3 rings (SSSR count). The van der Waals surface area contributed by atoms with Gasteiger partial charge >= 0.3 is 6.03 Å². The number of carbonyl (C=O) groups is 2. The van der Waals surface area contributed by atoms with Gasteiger partial charge in [-0.25, -0.2) is 4.79 Å². The number of halogens is 2. The highest BCUT2D eigenvalue weighted by Crippen LogP contribution is 2.27. The SMILES string of the molecule is O=C1NC(c2ccc(Cl)cc2)C(=O)C(c2ccc(Cl)cc2)N1. The maximum absolute atomic E-state index is 12.7. The molecular formula is C16H12Cl2N2O2. The summed E-state index contributed by atoms with van der Waals surface area (Å²) in [5, 5.41) is 6.44. The molecule has 0 saturated carbocycles. The lowest BCUT2D eigenvalue weighted by atomic mass is 9.92. The third kappa shape index (κ3) is 2.93. The lowest BCUT2D eigenvalue weighted by Crippen LogP contribution is -2.52. The number of carbonyl (C=O) groups excluding carboxylic acids is 2. The standard InChI is InChI=1S/C16H12Cl2N2O2/c17-11-5-1-9(2-6-11)13-15(21)14(20-16(22)19-13)10-3-7-12(18)8-4-10/h1-8,13-14H,(H2,19,20,22). The molecule has 4 nitrogen and oxygen atoms in total. The maximum Gasteiger partial charge on any atom is 0.316 e. The molecule has 2 atom stereocenters. The largest absolute Gasteiger partial charge is 0.324 e. The van der Waals surface area contributed by atoms with Crippen molar-refractivity contribution in [3.63, 3.8) is 0 Å². The van der Waals surface area contributed by atoms with Crippen molar-refractivity contribution in [3.05, 3.63) is 69.7 Å². The Morgan fingerprint density at radius 2 is 1.05 bits per heavy atom. The lowest BCUT2D eigenvalue weighted by Gasteiger charge is -2.30. The van der Waals surface area contributed by atoms with Crippen LogP contribution in [0.15, 0.2) is 48.5 Å². The molecule has 1 aliphatic rings. The fourth-order valence-electron chi connectivity index (χ4n) is 2.42. The molecule has 112 valence electrons. The van der Waals surface area contributed by atoms with E-state index >= 15 is 0 Å². The summed E-state index contributed by atoms with van der Waals surface area (Å²) in [6.45, 7) is 0. The minimum atomic E-state index is -0.702. The molecule has 1 heterocycles. The van der Waals surface area contributed by atoms with Gasteiger partial charge in [0, 0.05) is 10.0 Å². The highest BCUT2D eigenvalue weighted by molar-refractivity contribution is 6.30. The Hall–Kier alpha value is -2.04. The Balaban J connectivity index is 1.93. The number of ketones is 1. The van der Waals surface area contributed by atoms with Gasteiger partial charge < -0.3 is 10.6 Å². The van der Waals surface area contributed by atoms with E-state index in [-0.39, 0.29) is 11.8 Å². The highest BCUT2D eigenvalue weighted by atomic mass is 35.5. The second-order valence-electron chi connectivity index (χ2n) is 4.99. The molecule has 0 bridgehead atoms. The first-order chi connectivity index (χ1) is 10.5. The first kappa shape index (κ1) is 14.9. The van der Waals surface area contributed by atoms with Gasteiger partial charge in [0.2, 0.25) is 0 Å². The van der Waals surface area contributed by atoms with Crippen LogP contribution in [0.5, 0.6) is 0 Å². The van der Waals surface area contributed by atoms with Gasteiger partial charge in [-0.05, 0) is 35.4 Å². The summed E-state index contributed by atoms with van der Waals surface area (Å²) in [6.07, 6.45) is 0. The summed E-state index contributed by atoms with van der Waals surface area (Å²) in [5.41, 5.74) is 1.39. The molecule has 0 aromatic heterocycles. The highest BCUT2D eigenvalue weighted by Gasteiger charge is 2.36. The quantitative estimate of drug-likeness (QED) is 0.880. The summed E-state index contributed by atoms with van der Waals surface area (Å²) in [4.78, 5) is 24.6. The van der Waals surface area contributed by atoms with Crippen molar-refractivity contribution in [2.24, 2.45) is 0 Å². The second kappa shape index (κ2) is 5.99. The van der Waals surface area contributed by atoms with Gasteiger partial charge in [-0.2, -0.15) is 0 Å². The summed E-state index contributed by atoms with van der Waals surface area (Å²) in [7, 11) is 0. The molecule has 22 heavy (non-hydrogen) atoms. The summed E-state index contributed by atoms with van der Waals surface area (Å²) in [6, 6.07) is 11.9. The first-order valence-corrected chi connectivity index (χ1v) is 7.42. The van der Waals surface area contributed by atoms with Gasteiger partial charge in [-0.1, -0.05) is 47.5 Å². The molecule has 2 unspecified atom stereocenters.